The minimum atomic E-state index is -4.73. The average molecular weight is 485 g/mol. The standard InChI is InChI=1S/C20H25ClF3O4PS/c1-5-9-30-29(26,27-6-2)28-17-12-19(3,4)11-16(25)18(17)14-8-7-13(21)10-15(14)20(22,23)24/h7-8,10H,5-6,9,11-12H2,1-4H3. The number of halogens is 4. The number of carbonyl (C=O) groups is 1. The van der Waals surface area contributed by atoms with E-state index in [2.05, 4.69) is 0 Å². The topological polar surface area (TPSA) is 52.6 Å². The van der Waals surface area contributed by atoms with Crippen molar-refractivity contribution in [1.82, 2.24) is 0 Å². The smallest absolute Gasteiger partial charge is 0.421 e. The van der Waals surface area contributed by atoms with Crippen LogP contribution in [0.1, 0.15) is 58.1 Å². The maximum atomic E-state index is 13.7. The molecule has 0 spiro atoms. The van der Waals surface area contributed by atoms with Crippen LogP contribution in [0.15, 0.2) is 24.0 Å². The van der Waals surface area contributed by atoms with Gasteiger partial charge in [0.2, 0.25) is 0 Å². The highest BCUT2D eigenvalue weighted by molar-refractivity contribution is 8.55. The first-order valence-electron chi connectivity index (χ1n) is 9.54. The fourth-order valence-corrected chi connectivity index (χ4v) is 6.88. The average Bonchev–Trinajstić information content (AvgIpc) is 2.59. The van der Waals surface area contributed by atoms with Gasteiger partial charge in [-0.2, -0.15) is 13.2 Å². The highest BCUT2D eigenvalue weighted by Crippen LogP contribution is 2.64. The molecule has 168 valence electrons. The Bertz CT molecular complexity index is 883. The molecule has 0 saturated carbocycles. The van der Waals surface area contributed by atoms with E-state index in [4.69, 9.17) is 20.6 Å². The number of ketones is 1. The van der Waals surface area contributed by atoms with Crippen molar-refractivity contribution in [2.45, 2.75) is 53.1 Å². The van der Waals surface area contributed by atoms with Gasteiger partial charge in [-0.25, -0.2) is 4.57 Å². The Morgan fingerprint density at radius 3 is 2.47 bits per heavy atom. The van der Waals surface area contributed by atoms with Gasteiger partial charge in [-0.15, -0.1) is 0 Å². The number of carbonyl (C=O) groups excluding carboxylic acids is 1. The van der Waals surface area contributed by atoms with E-state index in [-0.39, 0.29) is 41.4 Å². The van der Waals surface area contributed by atoms with Gasteiger partial charge >= 0.3 is 13.0 Å². The molecule has 1 aliphatic carbocycles. The van der Waals surface area contributed by atoms with Crippen LogP contribution < -0.4 is 0 Å². The lowest BCUT2D eigenvalue weighted by molar-refractivity contribution is -0.137. The lowest BCUT2D eigenvalue weighted by atomic mass is 9.74. The molecule has 1 atom stereocenters. The first kappa shape index (κ1) is 25.3. The molecule has 30 heavy (non-hydrogen) atoms. The van der Waals surface area contributed by atoms with E-state index < -0.39 is 29.7 Å². The van der Waals surface area contributed by atoms with Crippen molar-refractivity contribution in [1.29, 1.82) is 0 Å². The van der Waals surface area contributed by atoms with E-state index in [9.17, 15) is 22.5 Å². The number of benzene rings is 1. The van der Waals surface area contributed by atoms with Crippen molar-refractivity contribution < 1.29 is 31.6 Å². The minimum Gasteiger partial charge on any atom is -0.421 e. The molecule has 1 aliphatic rings. The van der Waals surface area contributed by atoms with Crippen molar-refractivity contribution in [2.75, 3.05) is 12.4 Å². The van der Waals surface area contributed by atoms with Gasteiger partial charge in [-0.1, -0.05) is 38.4 Å². The van der Waals surface area contributed by atoms with Gasteiger partial charge in [-0.05, 0) is 42.3 Å². The van der Waals surface area contributed by atoms with E-state index in [0.717, 1.165) is 23.5 Å². The van der Waals surface area contributed by atoms with Gasteiger partial charge in [0.15, 0.2) is 5.78 Å². The van der Waals surface area contributed by atoms with Gasteiger partial charge in [0.25, 0.3) is 0 Å². The summed E-state index contributed by atoms with van der Waals surface area (Å²) >= 11 is 6.76. The van der Waals surface area contributed by atoms with Gasteiger partial charge < -0.3 is 4.52 Å². The number of rotatable bonds is 8. The first-order chi connectivity index (χ1) is 13.8. The fraction of sp³-hybridized carbons (Fsp3) is 0.550. The number of allylic oxidation sites excluding steroid dienone is 2. The summed E-state index contributed by atoms with van der Waals surface area (Å²) in [6.07, 6.45) is -3.84. The molecule has 1 aromatic rings. The number of Topliss-reactive ketones (excluding diaryl/α,β-unsaturated/α-hetero) is 1. The van der Waals surface area contributed by atoms with Crippen LogP contribution in [-0.2, 0) is 24.6 Å². The Morgan fingerprint density at radius 1 is 1.23 bits per heavy atom. The van der Waals surface area contributed by atoms with Gasteiger partial charge in [0.05, 0.1) is 17.7 Å². The zero-order chi connectivity index (χ0) is 22.7. The predicted molar refractivity (Wildman–Crippen MR) is 114 cm³/mol. The Balaban J connectivity index is 2.69. The number of hydrogen-bond donors (Lipinski definition) is 0. The summed E-state index contributed by atoms with van der Waals surface area (Å²) in [6, 6.07) is 3.23. The molecule has 1 aromatic carbocycles. The Hall–Kier alpha value is -0.950. The van der Waals surface area contributed by atoms with Crippen LogP contribution in [-0.4, -0.2) is 18.1 Å². The summed E-state index contributed by atoms with van der Waals surface area (Å²) in [5.74, 6) is -0.0616. The van der Waals surface area contributed by atoms with Crippen molar-refractivity contribution in [2.24, 2.45) is 5.41 Å². The minimum absolute atomic E-state index is 0.0375. The van der Waals surface area contributed by atoms with Gasteiger partial charge in [0, 0.05) is 29.2 Å². The lowest BCUT2D eigenvalue weighted by Gasteiger charge is -2.33. The quantitative estimate of drug-likeness (QED) is 0.353. The molecule has 2 rings (SSSR count). The lowest BCUT2D eigenvalue weighted by Crippen LogP contribution is -2.27. The zero-order valence-electron chi connectivity index (χ0n) is 17.3. The van der Waals surface area contributed by atoms with Crippen molar-refractivity contribution >= 4 is 41.1 Å². The summed E-state index contributed by atoms with van der Waals surface area (Å²) < 4.78 is 65.4. The van der Waals surface area contributed by atoms with Crippen molar-refractivity contribution in [3.63, 3.8) is 0 Å². The Morgan fingerprint density at radius 2 is 1.90 bits per heavy atom. The van der Waals surface area contributed by atoms with Crippen LogP contribution in [0.4, 0.5) is 13.2 Å². The third-order valence-corrected chi connectivity index (χ3v) is 8.55. The van der Waals surface area contributed by atoms with E-state index in [1.54, 1.807) is 6.92 Å². The SMILES string of the molecule is CCCSP(=O)(OCC)OC1=C(c2ccc(Cl)cc2C(F)(F)F)C(=O)CC(C)(C)C1. The molecule has 0 aromatic heterocycles. The van der Waals surface area contributed by atoms with E-state index in [1.807, 2.05) is 20.8 Å². The van der Waals surface area contributed by atoms with Crippen molar-refractivity contribution in [3.8, 4) is 0 Å². The Labute approximate surface area is 183 Å². The number of alkyl halides is 3. The fourth-order valence-electron chi connectivity index (χ4n) is 3.20. The third kappa shape index (κ3) is 6.28. The summed E-state index contributed by atoms with van der Waals surface area (Å²) in [5.41, 5.74) is -2.14. The van der Waals surface area contributed by atoms with E-state index in [1.165, 1.54) is 6.07 Å². The highest BCUT2D eigenvalue weighted by Gasteiger charge is 2.42. The van der Waals surface area contributed by atoms with Crippen molar-refractivity contribution in [3.05, 3.63) is 40.1 Å². The molecule has 4 nitrogen and oxygen atoms in total. The van der Waals surface area contributed by atoms with Crippen LogP contribution in [0, 0.1) is 5.41 Å². The van der Waals surface area contributed by atoms with Crippen LogP contribution in [0.2, 0.25) is 5.02 Å². The second kappa shape index (κ2) is 9.68. The molecule has 0 fully saturated rings. The van der Waals surface area contributed by atoms with E-state index >= 15 is 0 Å². The second-order valence-electron chi connectivity index (χ2n) is 7.72. The monoisotopic (exact) mass is 484 g/mol. The molecular formula is C20H25ClF3O4PS. The molecule has 0 amide bonds. The maximum Gasteiger partial charge on any atom is 0.439 e. The molecule has 0 aliphatic heterocycles. The molecule has 10 heteroatoms. The maximum absolute atomic E-state index is 13.7. The first-order valence-corrected chi connectivity index (χ1v) is 13.0. The summed E-state index contributed by atoms with van der Waals surface area (Å²) in [4.78, 5) is 13.0. The van der Waals surface area contributed by atoms with Crippen LogP contribution in [0.3, 0.4) is 0 Å². The molecular weight excluding hydrogens is 460 g/mol. The van der Waals surface area contributed by atoms with Crippen LogP contribution >= 0.6 is 29.8 Å². The second-order valence-corrected chi connectivity index (χ2v) is 12.3. The zero-order valence-corrected chi connectivity index (χ0v) is 19.7. The summed E-state index contributed by atoms with van der Waals surface area (Å²) in [7, 11) is 0. The third-order valence-electron chi connectivity index (χ3n) is 4.35. The summed E-state index contributed by atoms with van der Waals surface area (Å²) in [5, 5.41) is -0.101. The Kier molecular flexibility index (Phi) is 8.17. The largest absolute Gasteiger partial charge is 0.439 e. The molecule has 0 radical (unpaired) electrons. The number of hydrogen-bond acceptors (Lipinski definition) is 5. The van der Waals surface area contributed by atoms with E-state index in [0.29, 0.717) is 12.2 Å². The highest BCUT2D eigenvalue weighted by atomic mass is 35.5. The molecule has 0 heterocycles. The summed E-state index contributed by atoms with van der Waals surface area (Å²) in [6.45, 7) is 3.55. The molecule has 1 unspecified atom stereocenters. The molecule has 0 N–H and O–H groups in total. The molecule has 0 saturated heterocycles. The molecule has 0 bridgehead atoms. The normalized spacial score (nSPS) is 19.0. The van der Waals surface area contributed by atoms with Gasteiger partial charge in [-0.3, -0.25) is 9.32 Å². The van der Waals surface area contributed by atoms with Crippen LogP contribution in [0.5, 0.6) is 0 Å². The van der Waals surface area contributed by atoms with Crippen LogP contribution in [0.25, 0.3) is 5.57 Å². The van der Waals surface area contributed by atoms with Gasteiger partial charge in [0.1, 0.15) is 5.76 Å². The predicted octanol–water partition coefficient (Wildman–Crippen LogP) is 7.76.